The number of benzene rings is 1. The zero-order valence-corrected chi connectivity index (χ0v) is 12.6. The smallest absolute Gasteiger partial charge is 0.416 e. The van der Waals surface area contributed by atoms with Gasteiger partial charge in [0.05, 0.1) is 20.1 Å². The number of rotatable bonds is 5. The van der Waals surface area contributed by atoms with Crippen molar-refractivity contribution < 1.29 is 27.8 Å². The number of halogens is 3. The summed E-state index contributed by atoms with van der Waals surface area (Å²) in [5.74, 6) is 0.0460. The molecule has 23 heavy (non-hydrogen) atoms. The topological polar surface area (TPSA) is 65.6 Å². The Hall–Kier alpha value is -2.22. The number of carbonyl (C=O) groups excluding carboxylic acids is 1. The van der Waals surface area contributed by atoms with Crippen LogP contribution in [0.5, 0.6) is 5.75 Å². The molecule has 2 aromatic rings. The third-order valence-electron chi connectivity index (χ3n) is 3.56. The highest BCUT2D eigenvalue weighted by Gasteiger charge is 2.39. The van der Waals surface area contributed by atoms with Crippen molar-refractivity contribution in [3.63, 3.8) is 0 Å². The van der Waals surface area contributed by atoms with Gasteiger partial charge in [-0.3, -0.25) is 4.79 Å². The number of aliphatic hydroxyl groups is 1. The number of aromatic nitrogens is 1. The van der Waals surface area contributed by atoms with Crippen molar-refractivity contribution in [3.05, 3.63) is 30.0 Å². The second-order valence-electron chi connectivity index (χ2n) is 5.21. The Bertz CT molecular complexity index is 697. The summed E-state index contributed by atoms with van der Waals surface area (Å²) in [5.41, 5.74) is 1.39. The molecule has 0 aliphatic carbocycles. The summed E-state index contributed by atoms with van der Waals surface area (Å²) in [6.45, 7) is -0.804. The highest BCUT2D eigenvalue weighted by molar-refractivity contribution is 5.93. The Morgan fingerprint density at radius 3 is 2.74 bits per heavy atom. The van der Waals surface area contributed by atoms with Gasteiger partial charge in [0, 0.05) is 24.1 Å². The molecule has 0 fully saturated rings. The van der Waals surface area contributed by atoms with E-state index in [2.05, 4.69) is 4.98 Å². The van der Waals surface area contributed by atoms with E-state index in [1.54, 1.807) is 18.3 Å². The van der Waals surface area contributed by atoms with E-state index < -0.39 is 24.7 Å². The number of nitrogens with one attached hydrogen (secondary N) is 1. The monoisotopic (exact) mass is 330 g/mol. The molecule has 0 saturated heterocycles. The second kappa shape index (κ2) is 6.49. The fraction of sp³-hybridized carbons (Fsp3) is 0.400. The number of H-pyrrole nitrogens is 1. The zero-order chi connectivity index (χ0) is 17.2. The number of amides is 1. The molecule has 1 aromatic carbocycles. The first-order valence-electron chi connectivity index (χ1n) is 6.85. The summed E-state index contributed by atoms with van der Waals surface area (Å²) in [6.07, 6.45) is -5.78. The van der Waals surface area contributed by atoms with E-state index in [9.17, 15) is 18.0 Å². The van der Waals surface area contributed by atoms with Gasteiger partial charge >= 0.3 is 6.18 Å². The number of likely N-dealkylation sites (N-methyl/N-ethyl adjacent to an activating group) is 1. The molecule has 0 saturated carbocycles. The highest BCUT2D eigenvalue weighted by atomic mass is 19.4. The Balaban J connectivity index is 2.14. The lowest BCUT2D eigenvalue weighted by molar-refractivity contribution is -0.207. The number of aliphatic hydroxyl groups excluding tert-OH is 1. The summed E-state index contributed by atoms with van der Waals surface area (Å²) in [7, 11) is 2.72. The Morgan fingerprint density at radius 2 is 2.13 bits per heavy atom. The molecule has 1 aromatic heterocycles. The minimum Gasteiger partial charge on any atom is -0.496 e. The second-order valence-corrected chi connectivity index (χ2v) is 5.21. The quantitative estimate of drug-likeness (QED) is 0.882. The van der Waals surface area contributed by atoms with Gasteiger partial charge in [-0.15, -0.1) is 0 Å². The minimum absolute atomic E-state index is 0.0958. The van der Waals surface area contributed by atoms with Crippen LogP contribution in [-0.4, -0.2) is 53.9 Å². The lowest BCUT2D eigenvalue weighted by Gasteiger charge is -2.22. The summed E-state index contributed by atoms with van der Waals surface area (Å²) in [5, 5.41) is 9.76. The van der Waals surface area contributed by atoms with E-state index in [0.717, 1.165) is 10.4 Å². The van der Waals surface area contributed by atoms with E-state index in [0.29, 0.717) is 16.7 Å². The van der Waals surface area contributed by atoms with Gasteiger partial charge in [0.2, 0.25) is 5.91 Å². The highest BCUT2D eigenvalue weighted by Crippen LogP contribution is 2.29. The minimum atomic E-state index is -4.75. The summed E-state index contributed by atoms with van der Waals surface area (Å²) >= 11 is 0. The number of nitrogens with zero attached hydrogens (tertiary/aromatic N) is 1. The van der Waals surface area contributed by atoms with E-state index in [1.165, 1.54) is 14.2 Å². The molecule has 8 heteroatoms. The number of hydrogen-bond acceptors (Lipinski definition) is 3. The molecule has 1 heterocycles. The lowest BCUT2D eigenvalue weighted by Crippen LogP contribution is -2.42. The third-order valence-corrected chi connectivity index (χ3v) is 3.56. The van der Waals surface area contributed by atoms with Crippen molar-refractivity contribution in [3.8, 4) is 5.75 Å². The van der Waals surface area contributed by atoms with Crippen LogP contribution in [0.25, 0.3) is 10.9 Å². The standard InChI is InChI=1S/C15H17F3N2O3/c1-20(8-12(21)15(16,17)18)13(22)6-9-7-19-10-4-3-5-11(23-2)14(9)10/h3-5,7,12,19,21H,6,8H2,1-2H3. The fourth-order valence-electron chi connectivity index (χ4n) is 2.29. The van der Waals surface area contributed by atoms with Gasteiger partial charge in [-0.25, -0.2) is 0 Å². The van der Waals surface area contributed by atoms with Crippen LogP contribution in [0.15, 0.2) is 24.4 Å². The number of alkyl halides is 3. The van der Waals surface area contributed by atoms with Crippen LogP contribution < -0.4 is 4.74 Å². The van der Waals surface area contributed by atoms with Gasteiger partial charge in [-0.2, -0.15) is 13.2 Å². The first-order chi connectivity index (χ1) is 10.7. The fourth-order valence-corrected chi connectivity index (χ4v) is 2.29. The van der Waals surface area contributed by atoms with Crippen molar-refractivity contribution >= 4 is 16.8 Å². The van der Waals surface area contributed by atoms with E-state index in [-0.39, 0.29) is 6.42 Å². The van der Waals surface area contributed by atoms with E-state index in [4.69, 9.17) is 9.84 Å². The first kappa shape index (κ1) is 17.1. The number of ether oxygens (including phenoxy) is 1. The van der Waals surface area contributed by atoms with Gasteiger partial charge in [0.1, 0.15) is 5.75 Å². The van der Waals surface area contributed by atoms with Crippen molar-refractivity contribution in [2.75, 3.05) is 20.7 Å². The molecule has 126 valence electrons. The molecule has 0 aliphatic rings. The molecule has 5 nitrogen and oxygen atoms in total. The van der Waals surface area contributed by atoms with Crippen molar-refractivity contribution in [1.82, 2.24) is 9.88 Å². The van der Waals surface area contributed by atoms with Crippen LogP contribution >= 0.6 is 0 Å². The van der Waals surface area contributed by atoms with Crippen LogP contribution in [0.1, 0.15) is 5.56 Å². The summed E-state index contributed by atoms with van der Waals surface area (Å²) in [6, 6.07) is 5.33. The zero-order valence-electron chi connectivity index (χ0n) is 12.6. The van der Waals surface area contributed by atoms with Gasteiger partial charge in [0.15, 0.2) is 6.10 Å². The Morgan fingerprint density at radius 1 is 1.43 bits per heavy atom. The Labute approximate surface area is 130 Å². The first-order valence-corrected chi connectivity index (χ1v) is 6.85. The molecule has 0 bridgehead atoms. The van der Waals surface area contributed by atoms with Crippen LogP contribution in [0, 0.1) is 0 Å². The van der Waals surface area contributed by atoms with Crippen LogP contribution in [0.2, 0.25) is 0 Å². The molecule has 0 aliphatic heterocycles. The van der Waals surface area contributed by atoms with E-state index >= 15 is 0 Å². The number of hydrogen-bond donors (Lipinski definition) is 2. The summed E-state index contributed by atoms with van der Waals surface area (Å²) in [4.78, 5) is 16.0. The van der Waals surface area contributed by atoms with E-state index in [1.807, 2.05) is 6.07 Å². The third kappa shape index (κ3) is 3.76. The average Bonchev–Trinajstić information content (AvgIpc) is 2.89. The molecule has 1 amide bonds. The molecule has 2 N–H and O–H groups in total. The normalized spacial score (nSPS) is 13.1. The largest absolute Gasteiger partial charge is 0.496 e. The Kier molecular flexibility index (Phi) is 4.84. The lowest BCUT2D eigenvalue weighted by atomic mass is 10.1. The predicted octanol–water partition coefficient (Wildman–Crippen LogP) is 2.10. The summed E-state index contributed by atoms with van der Waals surface area (Å²) < 4.78 is 42.3. The van der Waals surface area contributed by atoms with Crippen LogP contribution in [0.4, 0.5) is 13.2 Å². The predicted molar refractivity (Wildman–Crippen MR) is 78.3 cm³/mol. The maximum Gasteiger partial charge on any atom is 0.416 e. The van der Waals surface area contributed by atoms with Crippen molar-refractivity contribution in [2.45, 2.75) is 18.7 Å². The SMILES string of the molecule is COc1cccc2[nH]cc(CC(=O)N(C)CC(O)C(F)(F)F)c12. The number of methoxy groups -OCH3 is 1. The van der Waals surface area contributed by atoms with Gasteiger partial charge in [-0.1, -0.05) is 6.07 Å². The molecular weight excluding hydrogens is 313 g/mol. The number of fused-ring (bicyclic) bond motifs is 1. The number of aromatic amines is 1. The van der Waals surface area contributed by atoms with Crippen LogP contribution in [0.3, 0.4) is 0 Å². The molecule has 1 atom stereocenters. The van der Waals surface area contributed by atoms with Crippen molar-refractivity contribution in [2.24, 2.45) is 0 Å². The maximum absolute atomic E-state index is 12.3. The average molecular weight is 330 g/mol. The molecule has 2 rings (SSSR count). The molecular formula is C15H17F3N2O3. The molecule has 0 spiro atoms. The maximum atomic E-state index is 12.3. The molecule has 1 unspecified atom stereocenters. The van der Waals surface area contributed by atoms with Crippen molar-refractivity contribution in [1.29, 1.82) is 0 Å². The molecule has 0 radical (unpaired) electrons. The van der Waals surface area contributed by atoms with Gasteiger partial charge < -0.3 is 19.7 Å². The van der Waals surface area contributed by atoms with Gasteiger partial charge in [-0.05, 0) is 17.7 Å². The van der Waals surface area contributed by atoms with Gasteiger partial charge in [0.25, 0.3) is 0 Å². The van der Waals surface area contributed by atoms with Crippen LogP contribution in [-0.2, 0) is 11.2 Å². The number of carbonyl (C=O) groups is 1.